The van der Waals surface area contributed by atoms with Crippen LogP contribution in [0.3, 0.4) is 0 Å². The molecule has 3 rings (SSSR count). The first kappa shape index (κ1) is 18.2. The van der Waals surface area contributed by atoms with Gasteiger partial charge in [0.05, 0.1) is 12.5 Å². The Bertz CT molecular complexity index is 848. The van der Waals surface area contributed by atoms with Crippen LogP contribution in [0.15, 0.2) is 67.0 Å². The molecule has 0 unspecified atom stereocenters. The quantitative estimate of drug-likeness (QED) is 0.558. The first-order chi connectivity index (χ1) is 13.2. The number of amides is 1. The lowest BCUT2D eigenvalue weighted by molar-refractivity contribution is -0.121. The number of anilines is 2. The van der Waals surface area contributed by atoms with E-state index in [2.05, 4.69) is 20.8 Å². The predicted molar refractivity (Wildman–Crippen MR) is 104 cm³/mol. The molecule has 0 saturated heterocycles. The molecule has 1 aromatic heterocycles. The minimum atomic E-state index is -0.477. The summed E-state index contributed by atoms with van der Waals surface area (Å²) in [5.74, 6) is -0.161. The Labute approximate surface area is 157 Å². The molecule has 7 heteroatoms. The molecule has 0 fully saturated rings. The van der Waals surface area contributed by atoms with Crippen LogP contribution in [-0.4, -0.2) is 22.5 Å². The topological polar surface area (TPSA) is 102 Å². The summed E-state index contributed by atoms with van der Waals surface area (Å²) in [6.45, 7) is 2.26. The summed E-state index contributed by atoms with van der Waals surface area (Å²) in [5, 5.41) is 0. The van der Waals surface area contributed by atoms with Crippen LogP contribution < -0.4 is 21.3 Å². The summed E-state index contributed by atoms with van der Waals surface area (Å²) in [6.07, 6.45) is 1.32. The molecule has 0 bridgehead atoms. The van der Waals surface area contributed by atoms with Crippen molar-refractivity contribution >= 4 is 17.4 Å². The monoisotopic (exact) mass is 363 g/mol. The van der Waals surface area contributed by atoms with Gasteiger partial charge >= 0.3 is 0 Å². The molecule has 1 amide bonds. The zero-order valence-corrected chi connectivity index (χ0v) is 14.9. The van der Waals surface area contributed by atoms with E-state index in [1.807, 2.05) is 67.6 Å². The van der Waals surface area contributed by atoms with Gasteiger partial charge in [-0.2, -0.15) is 4.98 Å². The number of nitrogens with one attached hydrogen (secondary N) is 2. The van der Waals surface area contributed by atoms with Gasteiger partial charge in [-0.25, -0.2) is 4.98 Å². The van der Waals surface area contributed by atoms with Crippen molar-refractivity contribution in [3.8, 4) is 5.88 Å². The van der Waals surface area contributed by atoms with Crippen molar-refractivity contribution in [1.29, 1.82) is 0 Å². The Morgan fingerprint density at radius 2 is 1.63 bits per heavy atom. The van der Waals surface area contributed by atoms with Gasteiger partial charge < -0.3 is 10.5 Å². The molecule has 2 aromatic carbocycles. The molecule has 0 radical (unpaired) electrons. The maximum Gasteiger partial charge on any atom is 0.250 e. The molecule has 3 aromatic rings. The average Bonchev–Trinajstić information content (AvgIpc) is 2.71. The van der Waals surface area contributed by atoms with E-state index in [0.717, 1.165) is 11.1 Å². The molecule has 0 aliphatic carbocycles. The predicted octanol–water partition coefficient (Wildman–Crippen LogP) is 2.73. The Hall–Kier alpha value is -3.61. The van der Waals surface area contributed by atoms with Crippen molar-refractivity contribution in [2.45, 2.75) is 12.8 Å². The Morgan fingerprint density at radius 1 is 1.04 bits per heavy atom. The van der Waals surface area contributed by atoms with Crippen molar-refractivity contribution in [2.75, 3.05) is 17.8 Å². The van der Waals surface area contributed by atoms with E-state index in [4.69, 9.17) is 10.5 Å². The number of nitrogens with two attached hydrogens (primary N) is 1. The minimum Gasteiger partial charge on any atom is -0.476 e. The van der Waals surface area contributed by atoms with Gasteiger partial charge in [0.2, 0.25) is 11.8 Å². The van der Waals surface area contributed by atoms with Crippen LogP contribution in [-0.2, 0) is 4.79 Å². The van der Waals surface area contributed by atoms with Crippen LogP contribution in [0.2, 0.25) is 0 Å². The molecule has 0 saturated carbocycles. The molecule has 1 heterocycles. The van der Waals surface area contributed by atoms with E-state index in [1.165, 1.54) is 6.33 Å². The molecule has 27 heavy (non-hydrogen) atoms. The number of hydrazine groups is 1. The largest absolute Gasteiger partial charge is 0.476 e. The number of carbonyl (C=O) groups excluding carboxylic acids is 1. The van der Waals surface area contributed by atoms with E-state index in [9.17, 15) is 4.79 Å². The highest BCUT2D eigenvalue weighted by atomic mass is 16.5. The third kappa shape index (κ3) is 4.33. The summed E-state index contributed by atoms with van der Waals surface area (Å²) in [4.78, 5) is 21.0. The minimum absolute atomic E-state index is 0.232. The van der Waals surface area contributed by atoms with Crippen LogP contribution >= 0.6 is 0 Å². The SMILES string of the molecule is CCOc1ncnc(NNC(=O)C(c2ccccc2)c2ccccc2)c1N. The number of rotatable bonds is 7. The van der Waals surface area contributed by atoms with Gasteiger partial charge in [0.25, 0.3) is 0 Å². The first-order valence-electron chi connectivity index (χ1n) is 8.59. The van der Waals surface area contributed by atoms with E-state index in [0.29, 0.717) is 6.61 Å². The lowest BCUT2D eigenvalue weighted by Gasteiger charge is -2.19. The number of hydrogen-bond acceptors (Lipinski definition) is 6. The van der Waals surface area contributed by atoms with Crippen molar-refractivity contribution in [3.63, 3.8) is 0 Å². The molecule has 0 aliphatic rings. The normalized spacial score (nSPS) is 10.4. The molecule has 138 valence electrons. The van der Waals surface area contributed by atoms with Crippen LogP contribution in [0.5, 0.6) is 5.88 Å². The molecule has 4 N–H and O–H groups in total. The van der Waals surface area contributed by atoms with Gasteiger partial charge in [-0.05, 0) is 18.1 Å². The summed E-state index contributed by atoms with van der Waals surface area (Å²) >= 11 is 0. The first-order valence-corrected chi connectivity index (χ1v) is 8.59. The van der Waals surface area contributed by atoms with Crippen LogP contribution in [0.4, 0.5) is 11.5 Å². The van der Waals surface area contributed by atoms with Crippen molar-refractivity contribution in [2.24, 2.45) is 0 Å². The molecule has 0 spiro atoms. The summed E-state index contributed by atoms with van der Waals surface area (Å²) < 4.78 is 5.34. The van der Waals surface area contributed by atoms with Crippen LogP contribution in [0, 0.1) is 0 Å². The van der Waals surface area contributed by atoms with Crippen molar-refractivity contribution in [3.05, 3.63) is 78.1 Å². The number of aromatic nitrogens is 2. The molecular formula is C20H21N5O2. The number of ether oxygens (including phenoxy) is 1. The number of nitrogen functional groups attached to an aromatic ring is 1. The van der Waals surface area contributed by atoms with Crippen molar-refractivity contribution < 1.29 is 9.53 Å². The van der Waals surface area contributed by atoms with E-state index < -0.39 is 5.92 Å². The highest BCUT2D eigenvalue weighted by Crippen LogP contribution is 2.26. The zero-order chi connectivity index (χ0) is 19.1. The standard InChI is InChI=1S/C20H21N5O2/c1-2-27-20-17(21)18(22-13-23-20)24-25-19(26)16(14-9-5-3-6-10-14)15-11-7-4-8-12-15/h3-13,16H,2,21H2,1H3,(H,25,26)(H,22,23,24). The Morgan fingerprint density at radius 3 is 2.19 bits per heavy atom. The van der Waals surface area contributed by atoms with Gasteiger partial charge in [-0.1, -0.05) is 60.7 Å². The molecule has 0 atom stereocenters. The van der Waals surface area contributed by atoms with Gasteiger partial charge in [0.1, 0.15) is 12.0 Å². The van der Waals surface area contributed by atoms with Crippen LogP contribution in [0.1, 0.15) is 24.0 Å². The van der Waals surface area contributed by atoms with E-state index in [1.54, 1.807) is 0 Å². The maximum absolute atomic E-state index is 13.0. The van der Waals surface area contributed by atoms with E-state index >= 15 is 0 Å². The van der Waals surface area contributed by atoms with Crippen LogP contribution in [0.25, 0.3) is 0 Å². The second kappa shape index (κ2) is 8.66. The highest BCUT2D eigenvalue weighted by Gasteiger charge is 2.23. The summed E-state index contributed by atoms with van der Waals surface area (Å²) in [5.41, 5.74) is 13.5. The van der Waals surface area contributed by atoms with Gasteiger partial charge in [-0.15, -0.1) is 0 Å². The van der Waals surface area contributed by atoms with Gasteiger partial charge in [0.15, 0.2) is 5.82 Å². The molecule has 0 aliphatic heterocycles. The van der Waals surface area contributed by atoms with Crippen molar-refractivity contribution in [1.82, 2.24) is 15.4 Å². The third-order valence-corrected chi connectivity index (χ3v) is 3.96. The fourth-order valence-corrected chi connectivity index (χ4v) is 2.71. The fourth-order valence-electron chi connectivity index (χ4n) is 2.71. The summed E-state index contributed by atoms with van der Waals surface area (Å²) in [6, 6.07) is 19.1. The lowest BCUT2D eigenvalue weighted by atomic mass is 9.91. The lowest BCUT2D eigenvalue weighted by Crippen LogP contribution is -2.35. The second-order valence-corrected chi connectivity index (χ2v) is 5.74. The van der Waals surface area contributed by atoms with E-state index in [-0.39, 0.29) is 23.3 Å². The highest BCUT2D eigenvalue weighted by molar-refractivity contribution is 5.88. The average molecular weight is 363 g/mol. The molecular weight excluding hydrogens is 342 g/mol. The zero-order valence-electron chi connectivity index (χ0n) is 14.9. The maximum atomic E-state index is 13.0. The Kier molecular flexibility index (Phi) is 5.84. The number of hydrogen-bond donors (Lipinski definition) is 3. The Balaban J connectivity index is 1.81. The fraction of sp³-hybridized carbons (Fsp3) is 0.150. The number of benzene rings is 2. The third-order valence-electron chi connectivity index (χ3n) is 3.96. The van der Waals surface area contributed by atoms with Gasteiger partial charge in [0, 0.05) is 0 Å². The number of carbonyl (C=O) groups is 1. The smallest absolute Gasteiger partial charge is 0.250 e. The number of nitrogens with zero attached hydrogens (tertiary/aromatic N) is 2. The molecule has 7 nitrogen and oxygen atoms in total. The summed E-state index contributed by atoms with van der Waals surface area (Å²) in [7, 11) is 0. The van der Waals surface area contributed by atoms with Gasteiger partial charge in [-0.3, -0.25) is 15.6 Å². The second-order valence-electron chi connectivity index (χ2n) is 5.74.